The average Bonchev–Trinajstić information content (AvgIpc) is 3.25. The predicted octanol–water partition coefficient (Wildman–Crippen LogP) is 1.81. The zero-order valence-electron chi connectivity index (χ0n) is 16.2. The van der Waals surface area contributed by atoms with Crippen LogP contribution in [0.5, 0.6) is 11.5 Å². The van der Waals surface area contributed by atoms with Gasteiger partial charge in [-0.3, -0.25) is 14.5 Å². The normalized spacial score (nSPS) is 20.0. The van der Waals surface area contributed by atoms with Crippen molar-refractivity contribution in [2.24, 2.45) is 0 Å². The summed E-state index contributed by atoms with van der Waals surface area (Å²) in [6.07, 6.45) is 0. The zero-order chi connectivity index (χ0) is 20.6. The monoisotopic (exact) mass is 395 g/mol. The predicted molar refractivity (Wildman–Crippen MR) is 103 cm³/mol. The largest absolute Gasteiger partial charge is 0.454 e. The SMILES string of the molecule is Cc1ccc(C2(C)NC(=O)N(CC(=O)NCc3ccc4c(c3)OCO4)C2=O)cc1. The van der Waals surface area contributed by atoms with Crippen molar-refractivity contribution in [2.75, 3.05) is 13.3 Å². The van der Waals surface area contributed by atoms with Gasteiger partial charge < -0.3 is 20.1 Å². The summed E-state index contributed by atoms with van der Waals surface area (Å²) in [6.45, 7) is 3.66. The Balaban J connectivity index is 1.39. The smallest absolute Gasteiger partial charge is 0.325 e. The molecule has 2 aromatic rings. The molecule has 0 spiro atoms. The van der Waals surface area contributed by atoms with Crippen LogP contribution in [0.3, 0.4) is 0 Å². The van der Waals surface area contributed by atoms with E-state index in [1.165, 1.54) is 0 Å². The summed E-state index contributed by atoms with van der Waals surface area (Å²) in [5, 5.41) is 5.42. The molecule has 1 fully saturated rings. The van der Waals surface area contributed by atoms with E-state index in [4.69, 9.17) is 9.47 Å². The number of hydrogen-bond donors (Lipinski definition) is 2. The highest BCUT2D eigenvalue weighted by Crippen LogP contribution is 2.32. The molecule has 1 saturated heterocycles. The van der Waals surface area contributed by atoms with E-state index in [1.54, 1.807) is 31.2 Å². The molecule has 2 aliphatic rings. The molecule has 4 rings (SSSR count). The van der Waals surface area contributed by atoms with Gasteiger partial charge in [0.1, 0.15) is 12.1 Å². The molecule has 8 nitrogen and oxygen atoms in total. The minimum atomic E-state index is -1.19. The molecule has 0 saturated carbocycles. The molecule has 29 heavy (non-hydrogen) atoms. The first-order valence-electron chi connectivity index (χ1n) is 9.23. The number of urea groups is 1. The lowest BCUT2D eigenvalue weighted by molar-refractivity contribution is -0.134. The van der Waals surface area contributed by atoms with Crippen LogP contribution < -0.4 is 20.1 Å². The number of rotatable bonds is 5. The highest BCUT2D eigenvalue weighted by atomic mass is 16.7. The van der Waals surface area contributed by atoms with Gasteiger partial charge in [-0.05, 0) is 37.1 Å². The van der Waals surface area contributed by atoms with E-state index in [-0.39, 0.29) is 19.9 Å². The number of aryl methyl sites for hydroxylation is 1. The third kappa shape index (κ3) is 3.49. The Morgan fingerprint density at radius 1 is 1.14 bits per heavy atom. The fourth-order valence-electron chi connectivity index (χ4n) is 3.37. The Morgan fingerprint density at radius 2 is 1.86 bits per heavy atom. The number of nitrogens with zero attached hydrogens (tertiary/aromatic N) is 1. The van der Waals surface area contributed by atoms with E-state index in [0.717, 1.165) is 16.0 Å². The van der Waals surface area contributed by atoms with Crippen molar-refractivity contribution in [3.05, 3.63) is 59.2 Å². The van der Waals surface area contributed by atoms with Crippen molar-refractivity contribution in [3.63, 3.8) is 0 Å². The molecular weight excluding hydrogens is 374 g/mol. The summed E-state index contributed by atoms with van der Waals surface area (Å²) in [5.41, 5.74) is 1.35. The first kappa shape index (κ1) is 18.8. The zero-order valence-corrected chi connectivity index (χ0v) is 16.2. The van der Waals surface area contributed by atoms with Crippen LogP contribution in [0.25, 0.3) is 0 Å². The Kier molecular flexibility index (Phi) is 4.62. The molecule has 0 aromatic heterocycles. The van der Waals surface area contributed by atoms with Gasteiger partial charge >= 0.3 is 6.03 Å². The number of benzene rings is 2. The second-order valence-corrected chi connectivity index (χ2v) is 7.28. The summed E-state index contributed by atoms with van der Waals surface area (Å²) in [5.74, 6) is 0.401. The molecule has 2 aromatic carbocycles. The third-order valence-corrected chi connectivity index (χ3v) is 5.13. The van der Waals surface area contributed by atoms with Crippen LogP contribution in [-0.2, 0) is 21.7 Å². The topological polar surface area (TPSA) is 97.0 Å². The van der Waals surface area contributed by atoms with Crippen molar-refractivity contribution in [3.8, 4) is 11.5 Å². The van der Waals surface area contributed by atoms with Crippen molar-refractivity contribution in [1.29, 1.82) is 0 Å². The van der Waals surface area contributed by atoms with E-state index in [1.807, 2.05) is 25.1 Å². The lowest BCUT2D eigenvalue weighted by Gasteiger charge is -2.22. The number of fused-ring (bicyclic) bond motifs is 1. The number of imide groups is 1. The van der Waals surface area contributed by atoms with Crippen LogP contribution in [0.15, 0.2) is 42.5 Å². The van der Waals surface area contributed by atoms with Crippen LogP contribution in [-0.4, -0.2) is 36.1 Å². The highest BCUT2D eigenvalue weighted by molar-refractivity contribution is 6.09. The minimum Gasteiger partial charge on any atom is -0.454 e. The van der Waals surface area contributed by atoms with Gasteiger partial charge in [-0.2, -0.15) is 0 Å². The Morgan fingerprint density at radius 3 is 2.62 bits per heavy atom. The summed E-state index contributed by atoms with van der Waals surface area (Å²) in [7, 11) is 0. The first-order valence-corrected chi connectivity index (χ1v) is 9.23. The molecule has 0 radical (unpaired) electrons. The van der Waals surface area contributed by atoms with Crippen LogP contribution in [0.1, 0.15) is 23.6 Å². The Labute approximate surface area is 167 Å². The second-order valence-electron chi connectivity index (χ2n) is 7.28. The molecule has 8 heteroatoms. The van der Waals surface area contributed by atoms with Gasteiger partial charge in [0, 0.05) is 6.54 Å². The molecule has 150 valence electrons. The van der Waals surface area contributed by atoms with Crippen LogP contribution in [0, 0.1) is 6.92 Å². The summed E-state index contributed by atoms with van der Waals surface area (Å²) < 4.78 is 10.6. The van der Waals surface area contributed by atoms with Gasteiger partial charge in [-0.15, -0.1) is 0 Å². The first-order chi connectivity index (χ1) is 13.9. The van der Waals surface area contributed by atoms with Gasteiger partial charge in [0.15, 0.2) is 11.5 Å². The maximum Gasteiger partial charge on any atom is 0.325 e. The van der Waals surface area contributed by atoms with Gasteiger partial charge in [-0.1, -0.05) is 35.9 Å². The Hall–Kier alpha value is -3.55. The number of ether oxygens (including phenoxy) is 2. The van der Waals surface area contributed by atoms with Crippen LogP contribution >= 0.6 is 0 Å². The van der Waals surface area contributed by atoms with E-state index in [0.29, 0.717) is 17.1 Å². The molecular formula is C21H21N3O5. The van der Waals surface area contributed by atoms with Crippen molar-refractivity contribution in [1.82, 2.24) is 15.5 Å². The fourth-order valence-corrected chi connectivity index (χ4v) is 3.37. The van der Waals surface area contributed by atoms with E-state index >= 15 is 0 Å². The Bertz CT molecular complexity index is 988. The van der Waals surface area contributed by atoms with Crippen molar-refractivity contribution >= 4 is 17.8 Å². The number of carbonyl (C=O) groups excluding carboxylic acids is 3. The minimum absolute atomic E-state index is 0.178. The fraction of sp³-hybridized carbons (Fsp3) is 0.286. The lowest BCUT2D eigenvalue weighted by atomic mass is 9.91. The van der Waals surface area contributed by atoms with E-state index in [2.05, 4.69) is 10.6 Å². The quantitative estimate of drug-likeness (QED) is 0.753. The van der Waals surface area contributed by atoms with Crippen LogP contribution in [0.2, 0.25) is 0 Å². The second kappa shape index (κ2) is 7.12. The lowest BCUT2D eigenvalue weighted by Crippen LogP contribution is -2.43. The average molecular weight is 395 g/mol. The molecule has 2 heterocycles. The van der Waals surface area contributed by atoms with Crippen LogP contribution in [0.4, 0.5) is 4.79 Å². The number of amides is 4. The van der Waals surface area contributed by atoms with Gasteiger partial charge in [0.2, 0.25) is 12.7 Å². The van der Waals surface area contributed by atoms with Crippen molar-refractivity contribution < 1.29 is 23.9 Å². The molecule has 4 amide bonds. The number of nitrogens with one attached hydrogen (secondary N) is 2. The van der Waals surface area contributed by atoms with Crippen molar-refractivity contribution in [2.45, 2.75) is 25.9 Å². The van der Waals surface area contributed by atoms with E-state index < -0.39 is 23.4 Å². The molecule has 1 unspecified atom stereocenters. The van der Waals surface area contributed by atoms with Gasteiger partial charge in [0.05, 0.1) is 0 Å². The third-order valence-electron chi connectivity index (χ3n) is 5.13. The maximum atomic E-state index is 12.9. The standard InChI is InChI=1S/C21H21N3O5/c1-13-3-6-15(7-4-13)21(2)19(26)24(20(27)23-21)11-18(25)22-10-14-5-8-16-17(9-14)29-12-28-16/h3-9H,10-12H2,1-2H3,(H,22,25)(H,23,27). The highest BCUT2D eigenvalue weighted by Gasteiger charge is 2.49. The van der Waals surface area contributed by atoms with Gasteiger partial charge in [0.25, 0.3) is 5.91 Å². The summed E-state index contributed by atoms with van der Waals surface area (Å²) in [4.78, 5) is 38.5. The molecule has 1 atom stereocenters. The molecule has 0 bridgehead atoms. The maximum absolute atomic E-state index is 12.9. The van der Waals surface area contributed by atoms with E-state index in [9.17, 15) is 14.4 Å². The number of carbonyl (C=O) groups is 3. The molecule has 2 N–H and O–H groups in total. The number of hydrogen-bond acceptors (Lipinski definition) is 5. The molecule has 0 aliphatic carbocycles. The molecule has 2 aliphatic heterocycles. The summed E-state index contributed by atoms with van der Waals surface area (Å²) in [6, 6.07) is 12.1. The summed E-state index contributed by atoms with van der Waals surface area (Å²) >= 11 is 0. The van der Waals surface area contributed by atoms with Gasteiger partial charge in [-0.25, -0.2) is 4.79 Å².